The first kappa shape index (κ1) is 28.7. The largest absolute Gasteiger partial charge is 0.486 e. The van der Waals surface area contributed by atoms with Gasteiger partial charge in [-0.1, -0.05) is 18.5 Å². The van der Waals surface area contributed by atoms with Crippen molar-refractivity contribution in [3.63, 3.8) is 0 Å². The normalized spacial score (nSPS) is 14.9. The van der Waals surface area contributed by atoms with Crippen LogP contribution in [0.4, 0.5) is 18.9 Å². The highest BCUT2D eigenvalue weighted by molar-refractivity contribution is 6.32. The molecule has 1 heterocycles. The van der Waals surface area contributed by atoms with Gasteiger partial charge in [0.25, 0.3) is 0 Å². The fraction of sp³-hybridized carbons (Fsp3) is 0.400. The summed E-state index contributed by atoms with van der Waals surface area (Å²) in [4.78, 5) is 37.4. The van der Waals surface area contributed by atoms with Gasteiger partial charge in [0, 0.05) is 31.6 Å². The van der Waals surface area contributed by atoms with E-state index in [2.05, 4.69) is 6.92 Å². The predicted molar refractivity (Wildman–Crippen MR) is 129 cm³/mol. The van der Waals surface area contributed by atoms with Crippen LogP contribution in [0.15, 0.2) is 36.4 Å². The summed E-state index contributed by atoms with van der Waals surface area (Å²) in [5.41, 5.74) is -1.44. The maximum absolute atomic E-state index is 12.9. The second-order valence-electron chi connectivity index (χ2n) is 8.77. The quantitative estimate of drug-likeness (QED) is 0.218. The monoisotopic (exact) mass is 553 g/mol. The van der Waals surface area contributed by atoms with E-state index in [-0.39, 0.29) is 35.3 Å². The molecule has 0 aliphatic carbocycles. The summed E-state index contributed by atoms with van der Waals surface area (Å²) in [6, 6.07) is 7.58. The van der Waals surface area contributed by atoms with Crippen molar-refractivity contribution in [3.05, 3.63) is 57.1 Å². The molecule has 1 fully saturated rings. The summed E-state index contributed by atoms with van der Waals surface area (Å²) in [5.74, 6) is -2.73. The summed E-state index contributed by atoms with van der Waals surface area (Å²) in [6.07, 6.45) is -3.40. The molecule has 0 bridgehead atoms. The van der Waals surface area contributed by atoms with Crippen molar-refractivity contribution >= 4 is 29.0 Å². The zero-order valence-corrected chi connectivity index (χ0v) is 20.9. The van der Waals surface area contributed by atoms with Gasteiger partial charge in [-0.25, -0.2) is 0 Å². The van der Waals surface area contributed by atoms with E-state index in [0.717, 1.165) is 37.1 Å². The van der Waals surface area contributed by atoms with E-state index in [9.17, 15) is 38.1 Å². The number of benzene rings is 2. The van der Waals surface area contributed by atoms with Crippen molar-refractivity contribution < 1.29 is 37.2 Å². The molecule has 1 aliphatic rings. The molecular formula is C25H23ClF3N3O6. The number of halogens is 4. The van der Waals surface area contributed by atoms with Crippen LogP contribution in [-0.4, -0.2) is 41.2 Å². The molecule has 1 aliphatic heterocycles. The first-order chi connectivity index (χ1) is 17.9. The fourth-order valence-electron chi connectivity index (χ4n) is 3.79. The number of Topliss-reactive ketones (excluding diaryl/α,β-unsaturated/α-hetero) is 1. The van der Waals surface area contributed by atoms with Crippen LogP contribution in [0.5, 0.6) is 17.2 Å². The number of ketones is 1. The molecule has 13 heteroatoms. The third-order valence-corrected chi connectivity index (χ3v) is 6.31. The Balaban J connectivity index is 1.68. The van der Waals surface area contributed by atoms with Crippen LogP contribution in [0.2, 0.25) is 5.02 Å². The van der Waals surface area contributed by atoms with Crippen LogP contribution in [-0.2, 0) is 15.8 Å². The van der Waals surface area contributed by atoms with Gasteiger partial charge in [-0.05, 0) is 43.0 Å². The average Bonchev–Trinajstić information content (AvgIpc) is 2.85. The third-order valence-electron chi connectivity index (χ3n) is 6.01. The molecule has 2 aromatic carbocycles. The van der Waals surface area contributed by atoms with Gasteiger partial charge in [0.1, 0.15) is 11.5 Å². The van der Waals surface area contributed by atoms with E-state index in [1.165, 1.54) is 11.0 Å². The zero-order chi connectivity index (χ0) is 28.0. The van der Waals surface area contributed by atoms with Crippen LogP contribution in [0.3, 0.4) is 0 Å². The number of piperidine rings is 1. The van der Waals surface area contributed by atoms with Crippen molar-refractivity contribution in [3.8, 4) is 23.3 Å². The molecule has 0 saturated carbocycles. The number of rotatable bonds is 9. The summed E-state index contributed by atoms with van der Waals surface area (Å²) in [6.45, 7) is 2.61. The molecule has 1 atom stereocenters. The van der Waals surface area contributed by atoms with Gasteiger partial charge >= 0.3 is 11.9 Å². The molecule has 202 valence electrons. The maximum atomic E-state index is 12.9. The SMILES string of the molecule is CC1CCN(C(=O)C(C#N)C(=O)CCOc2cc(Oc3ccc(C(F)(F)F)cc3Cl)ccc2[N+](=O)[O-])CC1. The molecule has 3 rings (SSSR count). The number of nitrogens with zero attached hydrogens (tertiary/aromatic N) is 3. The lowest BCUT2D eigenvalue weighted by atomic mass is 9.96. The molecule has 0 aromatic heterocycles. The number of carbonyl (C=O) groups excluding carboxylic acids is 2. The molecule has 38 heavy (non-hydrogen) atoms. The molecule has 2 aromatic rings. The Morgan fingerprint density at radius 3 is 2.47 bits per heavy atom. The van der Waals surface area contributed by atoms with Crippen molar-refractivity contribution in [1.29, 1.82) is 5.26 Å². The lowest BCUT2D eigenvalue weighted by Crippen LogP contribution is -2.43. The van der Waals surface area contributed by atoms with Crippen molar-refractivity contribution in [2.24, 2.45) is 11.8 Å². The molecule has 1 amide bonds. The topological polar surface area (TPSA) is 123 Å². The van der Waals surface area contributed by atoms with Crippen LogP contribution < -0.4 is 9.47 Å². The molecule has 9 nitrogen and oxygen atoms in total. The molecule has 0 spiro atoms. The van der Waals surface area contributed by atoms with Gasteiger partial charge in [0.05, 0.1) is 28.2 Å². The van der Waals surface area contributed by atoms with Gasteiger partial charge in [0.15, 0.2) is 11.7 Å². The number of alkyl halides is 3. The smallest absolute Gasteiger partial charge is 0.416 e. The molecule has 0 radical (unpaired) electrons. The number of nitriles is 1. The zero-order valence-electron chi connectivity index (χ0n) is 20.2. The second kappa shape index (κ2) is 12.1. The van der Waals surface area contributed by atoms with Crippen molar-refractivity contribution in [1.82, 2.24) is 4.90 Å². The Bertz CT molecular complexity index is 1260. The predicted octanol–water partition coefficient (Wildman–Crippen LogP) is 5.80. The van der Waals surface area contributed by atoms with Crippen LogP contribution in [0.25, 0.3) is 0 Å². The van der Waals surface area contributed by atoms with Gasteiger partial charge in [-0.3, -0.25) is 19.7 Å². The highest BCUT2D eigenvalue weighted by atomic mass is 35.5. The van der Waals surface area contributed by atoms with Gasteiger partial charge in [0.2, 0.25) is 11.7 Å². The Morgan fingerprint density at radius 2 is 1.89 bits per heavy atom. The fourth-order valence-corrected chi connectivity index (χ4v) is 4.01. The minimum Gasteiger partial charge on any atom is -0.486 e. The molecule has 1 unspecified atom stereocenters. The lowest BCUT2D eigenvalue weighted by Gasteiger charge is -2.31. The number of nitro benzene ring substituents is 1. The van der Waals surface area contributed by atoms with E-state index in [0.29, 0.717) is 25.1 Å². The van der Waals surface area contributed by atoms with E-state index in [4.69, 9.17) is 21.1 Å². The number of likely N-dealkylation sites (tertiary alicyclic amines) is 1. The summed E-state index contributed by atoms with van der Waals surface area (Å²) in [5, 5.41) is 20.5. The lowest BCUT2D eigenvalue weighted by molar-refractivity contribution is -0.385. The third kappa shape index (κ3) is 7.13. The van der Waals surface area contributed by atoms with Gasteiger partial charge in [-0.2, -0.15) is 18.4 Å². The minimum atomic E-state index is -4.60. The Morgan fingerprint density at radius 1 is 1.21 bits per heavy atom. The number of hydrogen-bond donors (Lipinski definition) is 0. The number of amides is 1. The van der Waals surface area contributed by atoms with E-state index >= 15 is 0 Å². The van der Waals surface area contributed by atoms with Gasteiger partial charge in [-0.15, -0.1) is 0 Å². The maximum Gasteiger partial charge on any atom is 0.416 e. The summed E-state index contributed by atoms with van der Waals surface area (Å²) >= 11 is 5.90. The highest BCUT2D eigenvalue weighted by Crippen LogP contribution is 2.38. The van der Waals surface area contributed by atoms with Crippen LogP contribution >= 0.6 is 11.6 Å². The number of nitro groups is 1. The number of carbonyl (C=O) groups is 2. The van der Waals surface area contributed by atoms with E-state index in [1.807, 2.05) is 0 Å². The average molecular weight is 554 g/mol. The Hall–Kier alpha value is -3.85. The Kier molecular flexibility index (Phi) is 9.17. The molecule has 1 saturated heterocycles. The first-order valence-corrected chi connectivity index (χ1v) is 12.0. The minimum absolute atomic E-state index is 0.0250. The van der Waals surface area contributed by atoms with Crippen LogP contribution in [0.1, 0.15) is 31.7 Å². The molecule has 0 N–H and O–H groups in total. The van der Waals surface area contributed by atoms with Crippen molar-refractivity contribution in [2.75, 3.05) is 19.7 Å². The standard InChI is InChI=1S/C25H23ClF3N3O6/c1-15-6-9-31(10-7-15)24(34)18(14-30)21(33)8-11-37-23-13-17(3-4-20(23)32(35)36)38-22-5-2-16(12-19(22)26)25(27,28)29/h2-5,12-13,15,18H,6-11H2,1H3. The van der Waals surface area contributed by atoms with E-state index < -0.39 is 40.0 Å². The van der Waals surface area contributed by atoms with Gasteiger partial charge < -0.3 is 14.4 Å². The van der Waals surface area contributed by atoms with E-state index in [1.54, 1.807) is 6.07 Å². The summed E-state index contributed by atoms with van der Waals surface area (Å²) < 4.78 is 49.5. The van der Waals surface area contributed by atoms with Crippen molar-refractivity contribution in [2.45, 2.75) is 32.4 Å². The molecular weight excluding hydrogens is 531 g/mol. The Labute approximate surface area is 220 Å². The number of hydrogen-bond acceptors (Lipinski definition) is 7. The van der Waals surface area contributed by atoms with Crippen LogP contribution in [0, 0.1) is 33.3 Å². The second-order valence-corrected chi connectivity index (χ2v) is 9.17. The highest BCUT2D eigenvalue weighted by Gasteiger charge is 2.33. The number of ether oxygens (including phenoxy) is 2. The first-order valence-electron chi connectivity index (χ1n) is 11.6. The summed E-state index contributed by atoms with van der Waals surface area (Å²) in [7, 11) is 0.